The van der Waals surface area contributed by atoms with Gasteiger partial charge < -0.3 is 9.84 Å². The standard InChI is InChI=1S/C10H13NO2S/c1-13-10-6-9(14-11-10)7-3-2-4-8(12)5-7/h5-6,8,12H,2-4H2,1H3. The average Bonchev–Trinajstić information content (AvgIpc) is 2.66. The topological polar surface area (TPSA) is 42.4 Å². The first-order chi connectivity index (χ1) is 6.79. The van der Waals surface area contributed by atoms with Crippen LogP contribution >= 0.6 is 11.5 Å². The lowest BCUT2D eigenvalue weighted by Crippen LogP contribution is -2.07. The molecule has 0 fully saturated rings. The van der Waals surface area contributed by atoms with Crippen LogP contribution in [0.3, 0.4) is 0 Å². The predicted molar refractivity (Wildman–Crippen MR) is 56.5 cm³/mol. The van der Waals surface area contributed by atoms with Crippen LogP contribution in [0.25, 0.3) is 5.57 Å². The molecule has 1 aliphatic rings. The number of ether oxygens (including phenoxy) is 1. The van der Waals surface area contributed by atoms with Crippen LogP contribution in [0.4, 0.5) is 0 Å². The Morgan fingerprint density at radius 1 is 1.64 bits per heavy atom. The van der Waals surface area contributed by atoms with Crippen LogP contribution in [-0.2, 0) is 0 Å². The third-order valence-corrected chi connectivity index (χ3v) is 3.20. The van der Waals surface area contributed by atoms with Crippen molar-refractivity contribution in [1.82, 2.24) is 4.37 Å². The number of aliphatic hydroxyl groups is 1. The molecule has 2 rings (SSSR count). The molecule has 4 heteroatoms. The van der Waals surface area contributed by atoms with Gasteiger partial charge in [-0.2, -0.15) is 4.37 Å². The van der Waals surface area contributed by atoms with E-state index in [-0.39, 0.29) is 6.10 Å². The molecule has 14 heavy (non-hydrogen) atoms. The number of hydrogen-bond donors (Lipinski definition) is 1. The number of rotatable bonds is 2. The molecule has 76 valence electrons. The van der Waals surface area contributed by atoms with Gasteiger partial charge in [0.15, 0.2) is 0 Å². The normalized spacial score (nSPS) is 21.9. The Bertz CT molecular complexity index is 346. The quantitative estimate of drug-likeness (QED) is 0.814. The van der Waals surface area contributed by atoms with Crippen molar-refractivity contribution in [2.45, 2.75) is 25.4 Å². The van der Waals surface area contributed by atoms with Gasteiger partial charge in [-0.05, 0) is 36.4 Å². The van der Waals surface area contributed by atoms with Gasteiger partial charge in [-0.1, -0.05) is 6.08 Å². The smallest absolute Gasteiger partial charge is 0.225 e. The minimum absolute atomic E-state index is 0.285. The summed E-state index contributed by atoms with van der Waals surface area (Å²) in [6.45, 7) is 0. The number of aliphatic hydroxyl groups excluding tert-OH is 1. The lowest BCUT2D eigenvalue weighted by atomic mass is 9.96. The number of nitrogens with zero attached hydrogens (tertiary/aromatic N) is 1. The minimum Gasteiger partial charge on any atom is -0.480 e. The monoisotopic (exact) mass is 211 g/mol. The maximum atomic E-state index is 9.48. The first-order valence-corrected chi connectivity index (χ1v) is 5.47. The molecule has 0 saturated heterocycles. The molecule has 0 amide bonds. The van der Waals surface area contributed by atoms with Crippen LogP contribution in [0.5, 0.6) is 5.88 Å². The van der Waals surface area contributed by atoms with E-state index in [4.69, 9.17) is 4.74 Å². The third kappa shape index (κ3) is 1.96. The highest BCUT2D eigenvalue weighted by molar-refractivity contribution is 7.07. The molecule has 1 N–H and O–H groups in total. The van der Waals surface area contributed by atoms with Gasteiger partial charge in [0, 0.05) is 6.07 Å². The van der Waals surface area contributed by atoms with E-state index in [1.807, 2.05) is 12.1 Å². The molecule has 1 aliphatic carbocycles. The second-order valence-electron chi connectivity index (χ2n) is 3.39. The molecule has 0 bridgehead atoms. The summed E-state index contributed by atoms with van der Waals surface area (Å²) in [6, 6.07) is 1.93. The molecule has 1 atom stereocenters. The Kier molecular flexibility index (Phi) is 2.84. The van der Waals surface area contributed by atoms with Crippen molar-refractivity contribution >= 4 is 17.1 Å². The maximum Gasteiger partial charge on any atom is 0.225 e. The molecule has 1 heterocycles. The number of hydrogen-bond acceptors (Lipinski definition) is 4. The number of methoxy groups -OCH3 is 1. The van der Waals surface area contributed by atoms with Crippen LogP contribution in [0.1, 0.15) is 24.1 Å². The fourth-order valence-electron chi connectivity index (χ4n) is 1.61. The fraction of sp³-hybridized carbons (Fsp3) is 0.500. The Balaban J connectivity index is 2.21. The van der Waals surface area contributed by atoms with E-state index in [0.29, 0.717) is 5.88 Å². The Morgan fingerprint density at radius 2 is 2.50 bits per heavy atom. The summed E-state index contributed by atoms with van der Waals surface area (Å²) in [6.07, 6.45) is 4.60. The van der Waals surface area contributed by atoms with Crippen molar-refractivity contribution in [2.24, 2.45) is 0 Å². The zero-order valence-corrected chi connectivity index (χ0v) is 8.88. The number of allylic oxidation sites excluding steroid dienone is 1. The summed E-state index contributed by atoms with van der Waals surface area (Å²) >= 11 is 1.43. The van der Waals surface area contributed by atoms with Crippen LogP contribution in [-0.4, -0.2) is 22.7 Å². The van der Waals surface area contributed by atoms with E-state index in [9.17, 15) is 5.11 Å². The molecule has 1 aromatic heterocycles. The molecular weight excluding hydrogens is 198 g/mol. The van der Waals surface area contributed by atoms with Crippen LogP contribution in [0, 0.1) is 0 Å². The van der Waals surface area contributed by atoms with Gasteiger partial charge in [0.25, 0.3) is 0 Å². The van der Waals surface area contributed by atoms with E-state index in [1.165, 1.54) is 17.1 Å². The van der Waals surface area contributed by atoms with Crippen molar-refractivity contribution in [3.63, 3.8) is 0 Å². The summed E-state index contributed by atoms with van der Waals surface area (Å²) in [5.74, 6) is 0.658. The molecule has 3 nitrogen and oxygen atoms in total. The molecule has 0 aromatic carbocycles. The van der Waals surface area contributed by atoms with Crippen LogP contribution < -0.4 is 4.74 Å². The summed E-state index contributed by atoms with van der Waals surface area (Å²) in [7, 11) is 1.61. The molecule has 1 aromatic rings. The van der Waals surface area contributed by atoms with Crippen molar-refractivity contribution in [3.8, 4) is 5.88 Å². The van der Waals surface area contributed by atoms with Gasteiger partial charge in [-0.25, -0.2) is 0 Å². The molecule has 0 spiro atoms. The average molecular weight is 211 g/mol. The highest BCUT2D eigenvalue weighted by Crippen LogP contribution is 2.31. The minimum atomic E-state index is -0.285. The molecule has 1 unspecified atom stereocenters. The highest BCUT2D eigenvalue weighted by atomic mass is 32.1. The van der Waals surface area contributed by atoms with E-state index in [0.717, 1.165) is 24.1 Å². The summed E-state index contributed by atoms with van der Waals surface area (Å²) in [5.41, 5.74) is 1.20. The van der Waals surface area contributed by atoms with Crippen molar-refractivity contribution < 1.29 is 9.84 Å². The molecule has 0 saturated carbocycles. The second-order valence-corrected chi connectivity index (χ2v) is 4.19. The fourth-order valence-corrected chi connectivity index (χ4v) is 2.37. The van der Waals surface area contributed by atoms with Gasteiger partial charge in [0.1, 0.15) is 0 Å². The van der Waals surface area contributed by atoms with Gasteiger partial charge in [0.05, 0.1) is 18.1 Å². The van der Waals surface area contributed by atoms with Crippen LogP contribution in [0.2, 0.25) is 0 Å². The highest BCUT2D eigenvalue weighted by Gasteiger charge is 2.14. The van der Waals surface area contributed by atoms with E-state index in [1.54, 1.807) is 7.11 Å². The van der Waals surface area contributed by atoms with Gasteiger partial charge in [-0.15, -0.1) is 0 Å². The van der Waals surface area contributed by atoms with E-state index in [2.05, 4.69) is 4.37 Å². The summed E-state index contributed by atoms with van der Waals surface area (Å²) in [4.78, 5) is 1.11. The van der Waals surface area contributed by atoms with Gasteiger partial charge in [-0.3, -0.25) is 0 Å². The van der Waals surface area contributed by atoms with Gasteiger partial charge >= 0.3 is 0 Å². The Labute approximate surface area is 87.2 Å². The van der Waals surface area contributed by atoms with E-state index < -0.39 is 0 Å². The first-order valence-electron chi connectivity index (χ1n) is 4.69. The molecule has 0 aliphatic heterocycles. The second kappa shape index (κ2) is 4.11. The molecule has 0 radical (unpaired) electrons. The SMILES string of the molecule is COc1cc(C2=CC(O)CCC2)sn1. The predicted octanol–water partition coefficient (Wildman–Crippen LogP) is 2.08. The van der Waals surface area contributed by atoms with E-state index >= 15 is 0 Å². The maximum absolute atomic E-state index is 9.48. The Morgan fingerprint density at radius 3 is 3.14 bits per heavy atom. The van der Waals surface area contributed by atoms with Crippen LogP contribution in [0.15, 0.2) is 12.1 Å². The van der Waals surface area contributed by atoms with Crippen molar-refractivity contribution in [3.05, 3.63) is 17.0 Å². The number of aromatic nitrogens is 1. The van der Waals surface area contributed by atoms with Gasteiger partial charge in [0.2, 0.25) is 5.88 Å². The first kappa shape index (κ1) is 9.68. The lowest BCUT2D eigenvalue weighted by molar-refractivity contribution is 0.206. The largest absolute Gasteiger partial charge is 0.480 e. The molecular formula is C10H13NO2S. The third-order valence-electron chi connectivity index (χ3n) is 2.35. The van der Waals surface area contributed by atoms with Crippen molar-refractivity contribution in [2.75, 3.05) is 7.11 Å². The summed E-state index contributed by atoms with van der Waals surface area (Å²) < 4.78 is 9.15. The zero-order valence-electron chi connectivity index (χ0n) is 8.06. The summed E-state index contributed by atoms with van der Waals surface area (Å²) in [5, 5.41) is 9.48. The van der Waals surface area contributed by atoms with Crippen molar-refractivity contribution in [1.29, 1.82) is 0 Å². The Hall–Kier alpha value is -0.870. The lowest BCUT2D eigenvalue weighted by Gasteiger charge is -2.15. The zero-order chi connectivity index (χ0) is 9.97.